The monoisotopic (exact) mass is 330 g/mol. The molecule has 3 heteroatoms. The van der Waals surface area contributed by atoms with E-state index in [4.69, 9.17) is 0 Å². The molecule has 3 nitrogen and oxygen atoms in total. The molecule has 0 atom stereocenters. The number of carbonyl (C=O) groups is 1. The molecule has 3 aromatic rings. The molecule has 0 aliphatic carbocycles. The Kier molecular flexibility index (Phi) is 5.14. The fraction of sp³-hybridized carbons (Fsp3) is 0.136. The van der Waals surface area contributed by atoms with Crippen molar-refractivity contribution in [1.29, 1.82) is 0 Å². The smallest absolute Gasteiger partial charge is 0.136 e. The van der Waals surface area contributed by atoms with E-state index in [2.05, 4.69) is 54.6 Å². The Morgan fingerprint density at radius 3 is 2.48 bits per heavy atom. The van der Waals surface area contributed by atoms with Crippen LogP contribution in [0.3, 0.4) is 0 Å². The van der Waals surface area contributed by atoms with E-state index >= 15 is 0 Å². The minimum atomic E-state index is -1.17. The van der Waals surface area contributed by atoms with Crippen molar-refractivity contribution >= 4 is 22.9 Å². The number of hydrogen-bond acceptors (Lipinski definition) is 2. The third-order valence-electron chi connectivity index (χ3n) is 4.30. The van der Waals surface area contributed by atoms with Crippen LogP contribution in [0, 0.1) is 0 Å². The number of carboxylic acid groups (broad SMARTS) is 1. The molecule has 0 bridgehead atoms. The van der Waals surface area contributed by atoms with Gasteiger partial charge in [0.2, 0.25) is 0 Å². The maximum atomic E-state index is 10.8. The number of benzene rings is 3. The Morgan fingerprint density at radius 2 is 1.64 bits per heavy atom. The zero-order valence-electron chi connectivity index (χ0n) is 14.2. The predicted octanol–water partition coefficient (Wildman–Crippen LogP) is 3.72. The minimum Gasteiger partial charge on any atom is -0.530 e. The lowest BCUT2D eigenvalue weighted by Crippen LogP contribution is -2.38. The number of likely N-dealkylation sites (N-methyl/N-ethyl adjacent to an activating group) is 1. The van der Waals surface area contributed by atoms with Crippen molar-refractivity contribution in [2.24, 2.45) is 0 Å². The van der Waals surface area contributed by atoms with E-state index in [1.54, 1.807) is 0 Å². The van der Waals surface area contributed by atoms with Gasteiger partial charge in [0.25, 0.3) is 0 Å². The van der Waals surface area contributed by atoms with Crippen molar-refractivity contribution in [1.82, 2.24) is 4.90 Å². The van der Waals surface area contributed by atoms with E-state index in [9.17, 15) is 9.90 Å². The lowest BCUT2D eigenvalue weighted by Gasteiger charge is -2.16. The van der Waals surface area contributed by atoms with Crippen LogP contribution in [0.25, 0.3) is 16.8 Å². The van der Waals surface area contributed by atoms with Gasteiger partial charge in [-0.15, -0.1) is 0 Å². The SMILES string of the molecule is CN(C/C=C/c1ccccc1Cc1cccc2ccccc12)C(=O)[O-]. The fourth-order valence-electron chi connectivity index (χ4n) is 2.92. The molecule has 25 heavy (non-hydrogen) atoms. The Bertz CT molecular complexity index is 909. The van der Waals surface area contributed by atoms with Crippen LogP contribution in [-0.4, -0.2) is 24.6 Å². The number of rotatable bonds is 5. The number of hydrogen-bond donors (Lipinski definition) is 0. The molecule has 0 aliphatic rings. The highest BCUT2D eigenvalue weighted by Crippen LogP contribution is 2.23. The molecule has 3 aromatic carbocycles. The largest absolute Gasteiger partial charge is 0.530 e. The molecule has 0 aliphatic heterocycles. The van der Waals surface area contributed by atoms with Gasteiger partial charge in [-0.05, 0) is 33.9 Å². The van der Waals surface area contributed by atoms with Crippen molar-refractivity contribution < 1.29 is 9.90 Å². The van der Waals surface area contributed by atoms with Crippen molar-refractivity contribution in [3.8, 4) is 0 Å². The van der Waals surface area contributed by atoms with Crippen LogP contribution in [0.2, 0.25) is 0 Å². The van der Waals surface area contributed by atoms with Gasteiger partial charge in [-0.2, -0.15) is 0 Å². The van der Waals surface area contributed by atoms with Gasteiger partial charge in [0.15, 0.2) is 0 Å². The molecule has 0 saturated carbocycles. The van der Waals surface area contributed by atoms with Gasteiger partial charge in [0, 0.05) is 13.6 Å². The minimum absolute atomic E-state index is 0.310. The van der Waals surface area contributed by atoms with Gasteiger partial charge < -0.3 is 14.8 Å². The Labute approximate surface area is 147 Å². The first kappa shape index (κ1) is 16.8. The molecule has 0 fully saturated rings. The van der Waals surface area contributed by atoms with E-state index in [0.29, 0.717) is 6.54 Å². The first-order valence-electron chi connectivity index (χ1n) is 8.28. The van der Waals surface area contributed by atoms with Gasteiger partial charge >= 0.3 is 0 Å². The van der Waals surface area contributed by atoms with Gasteiger partial charge in [0.05, 0.1) is 0 Å². The molecular formula is C22H20NO2-. The quantitative estimate of drug-likeness (QED) is 0.715. The van der Waals surface area contributed by atoms with Crippen LogP contribution in [0.15, 0.2) is 72.8 Å². The summed E-state index contributed by atoms with van der Waals surface area (Å²) in [7, 11) is 1.50. The van der Waals surface area contributed by atoms with Crippen molar-refractivity contribution in [2.75, 3.05) is 13.6 Å². The zero-order chi connectivity index (χ0) is 17.6. The molecule has 3 rings (SSSR count). The average molecular weight is 330 g/mol. The zero-order valence-corrected chi connectivity index (χ0v) is 14.2. The number of fused-ring (bicyclic) bond motifs is 1. The van der Waals surface area contributed by atoms with Crippen LogP contribution in [-0.2, 0) is 6.42 Å². The number of nitrogens with zero attached hydrogens (tertiary/aromatic N) is 1. The first-order valence-corrected chi connectivity index (χ1v) is 8.28. The van der Waals surface area contributed by atoms with E-state index in [1.165, 1.54) is 28.9 Å². The maximum Gasteiger partial charge on any atom is 0.136 e. The summed E-state index contributed by atoms with van der Waals surface area (Å²) in [6.45, 7) is 0.310. The van der Waals surface area contributed by atoms with Gasteiger partial charge in [0.1, 0.15) is 6.09 Å². The lowest BCUT2D eigenvalue weighted by atomic mass is 9.95. The Balaban J connectivity index is 1.86. The van der Waals surface area contributed by atoms with Crippen molar-refractivity contribution in [3.05, 3.63) is 89.5 Å². The Morgan fingerprint density at radius 1 is 0.960 bits per heavy atom. The van der Waals surface area contributed by atoms with E-state index in [0.717, 1.165) is 16.9 Å². The topological polar surface area (TPSA) is 43.4 Å². The second kappa shape index (κ2) is 7.67. The summed E-state index contributed by atoms with van der Waals surface area (Å²) in [5, 5.41) is 13.3. The summed E-state index contributed by atoms with van der Waals surface area (Å²) in [5.74, 6) is 0. The lowest BCUT2D eigenvalue weighted by molar-refractivity contribution is -0.263. The second-order valence-corrected chi connectivity index (χ2v) is 6.06. The summed E-state index contributed by atoms with van der Waals surface area (Å²) >= 11 is 0. The van der Waals surface area contributed by atoms with E-state index in [1.807, 2.05) is 24.3 Å². The molecule has 0 N–H and O–H groups in total. The molecule has 0 saturated heterocycles. The molecular weight excluding hydrogens is 310 g/mol. The van der Waals surface area contributed by atoms with E-state index in [-0.39, 0.29) is 0 Å². The third kappa shape index (κ3) is 4.07. The van der Waals surface area contributed by atoms with Gasteiger partial charge in [-0.25, -0.2) is 0 Å². The molecule has 126 valence electrons. The summed E-state index contributed by atoms with van der Waals surface area (Å²) < 4.78 is 0. The normalized spacial score (nSPS) is 11.1. The second-order valence-electron chi connectivity index (χ2n) is 6.06. The predicted molar refractivity (Wildman–Crippen MR) is 100 cm³/mol. The van der Waals surface area contributed by atoms with Crippen molar-refractivity contribution in [2.45, 2.75) is 6.42 Å². The molecule has 0 unspecified atom stereocenters. The number of amides is 1. The van der Waals surface area contributed by atoms with Crippen LogP contribution in [0.5, 0.6) is 0 Å². The summed E-state index contributed by atoms with van der Waals surface area (Å²) in [4.78, 5) is 11.9. The summed E-state index contributed by atoms with van der Waals surface area (Å²) in [6.07, 6.45) is 3.48. The molecule has 0 heterocycles. The first-order chi connectivity index (χ1) is 12.1. The van der Waals surface area contributed by atoms with Crippen LogP contribution in [0.4, 0.5) is 4.79 Å². The van der Waals surface area contributed by atoms with Gasteiger partial charge in [-0.3, -0.25) is 0 Å². The summed E-state index contributed by atoms with van der Waals surface area (Å²) in [6, 6.07) is 23.0. The van der Waals surface area contributed by atoms with Gasteiger partial charge in [-0.1, -0.05) is 78.9 Å². The average Bonchev–Trinajstić information content (AvgIpc) is 2.63. The van der Waals surface area contributed by atoms with Crippen LogP contribution in [0.1, 0.15) is 16.7 Å². The fourth-order valence-corrected chi connectivity index (χ4v) is 2.92. The van der Waals surface area contributed by atoms with Crippen LogP contribution < -0.4 is 5.11 Å². The van der Waals surface area contributed by atoms with Crippen molar-refractivity contribution in [3.63, 3.8) is 0 Å². The Hall–Kier alpha value is -3.07. The standard InChI is InChI=1S/C22H21NO2/c1-23(22(24)25)15-7-13-17-8-2-3-10-19(17)16-20-12-6-11-18-9-4-5-14-21(18)20/h2-14H,15-16H2,1H3,(H,24,25)/p-1/b13-7+. The maximum absolute atomic E-state index is 10.8. The van der Waals surface area contributed by atoms with E-state index < -0.39 is 6.09 Å². The molecule has 0 spiro atoms. The molecule has 0 aromatic heterocycles. The van der Waals surface area contributed by atoms with Crippen LogP contribution >= 0.6 is 0 Å². The molecule has 0 radical (unpaired) electrons. The highest BCUT2D eigenvalue weighted by atomic mass is 16.4. The third-order valence-corrected chi connectivity index (χ3v) is 4.30. The highest BCUT2D eigenvalue weighted by molar-refractivity contribution is 5.86. The molecule has 1 amide bonds. The summed E-state index contributed by atoms with van der Waals surface area (Å²) in [5.41, 5.74) is 3.60. The number of carbonyl (C=O) groups excluding carboxylic acids is 1. The highest BCUT2D eigenvalue weighted by Gasteiger charge is 2.04.